The molecule has 10 heavy (non-hydrogen) atoms. The van der Waals surface area contributed by atoms with Gasteiger partial charge in [0, 0.05) is 6.04 Å². The second-order valence-electron chi connectivity index (χ2n) is 2.43. The van der Waals surface area contributed by atoms with Gasteiger partial charge in [0.1, 0.15) is 0 Å². The molecule has 0 aromatic rings. The molecular weight excluding hydrogens is 130 g/mol. The molecule has 0 aliphatic rings. The van der Waals surface area contributed by atoms with Gasteiger partial charge in [-0.2, -0.15) is 0 Å². The van der Waals surface area contributed by atoms with Crippen molar-refractivity contribution in [2.75, 3.05) is 6.61 Å². The maximum atomic E-state index is 10.7. The third-order valence-corrected chi connectivity index (χ3v) is 0.844. The molecule has 60 valence electrons. The summed E-state index contributed by atoms with van der Waals surface area (Å²) < 4.78 is 4.75. The van der Waals surface area contributed by atoms with Crippen molar-refractivity contribution in [2.45, 2.75) is 33.2 Å². The number of hydrogen-bond donors (Lipinski definition) is 1. The Kier molecular flexibility index (Phi) is 4.72. The topological polar surface area (TPSA) is 38.3 Å². The zero-order chi connectivity index (χ0) is 7.98. The lowest BCUT2D eigenvalue weighted by molar-refractivity contribution is 0.144. The number of amides is 1. The summed E-state index contributed by atoms with van der Waals surface area (Å²) in [5.41, 5.74) is 0. The highest BCUT2D eigenvalue weighted by Crippen LogP contribution is 1.84. The first kappa shape index (κ1) is 9.27. The first-order valence-corrected chi connectivity index (χ1v) is 3.60. The van der Waals surface area contributed by atoms with E-state index in [9.17, 15) is 4.79 Å². The largest absolute Gasteiger partial charge is 0.450 e. The monoisotopic (exact) mass is 145 g/mol. The number of ether oxygens (including phenoxy) is 1. The molecule has 0 aliphatic heterocycles. The zero-order valence-corrected chi connectivity index (χ0v) is 6.81. The van der Waals surface area contributed by atoms with Gasteiger partial charge in [-0.05, 0) is 20.3 Å². The first-order valence-electron chi connectivity index (χ1n) is 3.60. The van der Waals surface area contributed by atoms with E-state index < -0.39 is 0 Å². The van der Waals surface area contributed by atoms with Crippen LogP contribution in [0.2, 0.25) is 0 Å². The summed E-state index contributed by atoms with van der Waals surface area (Å²) in [5.74, 6) is 0. The lowest BCUT2D eigenvalue weighted by Gasteiger charge is -2.07. The third-order valence-electron chi connectivity index (χ3n) is 0.844. The molecule has 1 N–H and O–H groups in total. The Hall–Kier alpha value is -0.730. The van der Waals surface area contributed by atoms with E-state index in [0.29, 0.717) is 6.61 Å². The minimum absolute atomic E-state index is 0.157. The molecular formula is C7H15NO2. The average Bonchev–Trinajstić information content (AvgIpc) is 1.82. The van der Waals surface area contributed by atoms with Gasteiger partial charge in [0.2, 0.25) is 0 Å². The van der Waals surface area contributed by atoms with Crippen LogP contribution in [0.5, 0.6) is 0 Å². The molecule has 0 radical (unpaired) electrons. The Labute approximate surface area is 61.8 Å². The van der Waals surface area contributed by atoms with Crippen molar-refractivity contribution >= 4 is 6.09 Å². The molecule has 0 heterocycles. The number of carbonyl (C=O) groups excluding carboxylic acids is 1. The normalized spacial score (nSPS) is 9.60. The minimum atomic E-state index is -0.322. The number of rotatable bonds is 3. The number of hydrogen-bond acceptors (Lipinski definition) is 2. The standard InChI is InChI=1S/C7H15NO2/c1-4-5-10-7(9)8-6(2)3/h6H,4-5H2,1-3H3,(H,8,9). The Bertz CT molecular complexity index is 102. The summed E-state index contributed by atoms with van der Waals surface area (Å²) >= 11 is 0. The lowest BCUT2D eigenvalue weighted by atomic mass is 10.4. The number of carbonyl (C=O) groups is 1. The van der Waals surface area contributed by atoms with Gasteiger partial charge >= 0.3 is 6.09 Å². The molecule has 3 heteroatoms. The number of alkyl carbamates (subject to hydrolysis) is 1. The van der Waals surface area contributed by atoms with E-state index in [1.165, 1.54) is 0 Å². The minimum Gasteiger partial charge on any atom is -0.450 e. The van der Waals surface area contributed by atoms with Crippen LogP contribution in [0, 0.1) is 0 Å². The van der Waals surface area contributed by atoms with E-state index in [4.69, 9.17) is 4.74 Å². The van der Waals surface area contributed by atoms with Crippen LogP contribution in [0.4, 0.5) is 4.79 Å². The average molecular weight is 145 g/mol. The zero-order valence-electron chi connectivity index (χ0n) is 6.81. The second kappa shape index (κ2) is 5.09. The van der Waals surface area contributed by atoms with Crippen LogP contribution in [0.15, 0.2) is 0 Å². The predicted octanol–water partition coefficient (Wildman–Crippen LogP) is 1.53. The molecule has 0 atom stereocenters. The molecule has 0 aromatic heterocycles. The van der Waals surface area contributed by atoms with Gasteiger partial charge in [0.15, 0.2) is 0 Å². The Morgan fingerprint density at radius 3 is 2.60 bits per heavy atom. The SMILES string of the molecule is CCCOC(=O)NC(C)C. The molecule has 1 amide bonds. The van der Waals surface area contributed by atoms with Crippen molar-refractivity contribution in [3.63, 3.8) is 0 Å². The van der Waals surface area contributed by atoms with E-state index in [0.717, 1.165) is 6.42 Å². The van der Waals surface area contributed by atoms with Crippen molar-refractivity contribution < 1.29 is 9.53 Å². The molecule has 0 saturated carbocycles. The third kappa shape index (κ3) is 5.41. The molecule has 0 rings (SSSR count). The summed E-state index contributed by atoms with van der Waals surface area (Å²) in [7, 11) is 0. The van der Waals surface area contributed by atoms with Crippen LogP contribution >= 0.6 is 0 Å². The van der Waals surface area contributed by atoms with Crippen molar-refractivity contribution in [3.8, 4) is 0 Å². The van der Waals surface area contributed by atoms with Gasteiger partial charge in [-0.3, -0.25) is 0 Å². The van der Waals surface area contributed by atoms with Gasteiger partial charge in [-0.1, -0.05) is 6.92 Å². The Balaban J connectivity index is 3.26. The van der Waals surface area contributed by atoms with Crippen LogP contribution in [0.25, 0.3) is 0 Å². The quantitative estimate of drug-likeness (QED) is 0.654. The second-order valence-corrected chi connectivity index (χ2v) is 2.43. The maximum Gasteiger partial charge on any atom is 0.407 e. The van der Waals surface area contributed by atoms with E-state index in [1.54, 1.807) is 0 Å². The van der Waals surface area contributed by atoms with Crippen LogP contribution in [0.1, 0.15) is 27.2 Å². The highest BCUT2D eigenvalue weighted by molar-refractivity contribution is 5.67. The van der Waals surface area contributed by atoms with Crippen molar-refractivity contribution in [2.24, 2.45) is 0 Å². The fourth-order valence-corrected chi connectivity index (χ4v) is 0.472. The van der Waals surface area contributed by atoms with Crippen molar-refractivity contribution in [1.82, 2.24) is 5.32 Å². The first-order chi connectivity index (χ1) is 4.66. The van der Waals surface area contributed by atoms with Crippen LogP contribution in [-0.2, 0) is 4.74 Å². The molecule has 0 unspecified atom stereocenters. The maximum absolute atomic E-state index is 10.7. The summed E-state index contributed by atoms with van der Waals surface area (Å²) in [6.07, 6.45) is 0.544. The molecule has 0 saturated heterocycles. The van der Waals surface area contributed by atoms with Gasteiger partial charge in [0.05, 0.1) is 6.61 Å². The Morgan fingerprint density at radius 1 is 1.60 bits per heavy atom. The molecule has 0 spiro atoms. The van der Waals surface area contributed by atoms with E-state index in [2.05, 4.69) is 5.32 Å². The van der Waals surface area contributed by atoms with Gasteiger partial charge < -0.3 is 10.1 Å². The van der Waals surface area contributed by atoms with Gasteiger partial charge in [-0.15, -0.1) is 0 Å². The summed E-state index contributed by atoms with van der Waals surface area (Å²) in [5, 5.41) is 2.62. The molecule has 3 nitrogen and oxygen atoms in total. The molecule has 0 aromatic carbocycles. The molecule has 0 bridgehead atoms. The van der Waals surface area contributed by atoms with Gasteiger partial charge in [0.25, 0.3) is 0 Å². The lowest BCUT2D eigenvalue weighted by Crippen LogP contribution is -2.30. The van der Waals surface area contributed by atoms with Crippen molar-refractivity contribution in [1.29, 1.82) is 0 Å². The highest BCUT2D eigenvalue weighted by Gasteiger charge is 2.00. The smallest absolute Gasteiger partial charge is 0.407 e. The van der Waals surface area contributed by atoms with E-state index in [1.807, 2.05) is 20.8 Å². The van der Waals surface area contributed by atoms with Gasteiger partial charge in [-0.25, -0.2) is 4.79 Å². The molecule has 0 aliphatic carbocycles. The highest BCUT2D eigenvalue weighted by atomic mass is 16.5. The van der Waals surface area contributed by atoms with Crippen molar-refractivity contribution in [3.05, 3.63) is 0 Å². The van der Waals surface area contributed by atoms with Crippen LogP contribution in [-0.4, -0.2) is 18.7 Å². The Morgan fingerprint density at radius 2 is 2.20 bits per heavy atom. The fraction of sp³-hybridized carbons (Fsp3) is 0.857. The summed E-state index contributed by atoms with van der Waals surface area (Å²) in [6, 6.07) is 0.157. The summed E-state index contributed by atoms with van der Waals surface area (Å²) in [4.78, 5) is 10.7. The number of nitrogens with one attached hydrogen (secondary N) is 1. The fourth-order valence-electron chi connectivity index (χ4n) is 0.472. The molecule has 0 fully saturated rings. The predicted molar refractivity (Wildman–Crippen MR) is 39.9 cm³/mol. The van der Waals surface area contributed by atoms with Crippen LogP contribution in [0.3, 0.4) is 0 Å². The van der Waals surface area contributed by atoms with E-state index in [-0.39, 0.29) is 12.1 Å². The van der Waals surface area contributed by atoms with Crippen LogP contribution < -0.4 is 5.32 Å². The summed E-state index contributed by atoms with van der Waals surface area (Å²) in [6.45, 7) is 6.25. The van der Waals surface area contributed by atoms with E-state index >= 15 is 0 Å².